The number of amides is 1. The van der Waals surface area contributed by atoms with Gasteiger partial charge in [0.15, 0.2) is 0 Å². The molecular weight excluding hydrogens is 318 g/mol. The van der Waals surface area contributed by atoms with E-state index in [1.54, 1.807) is 17.9 Å². The van der Waals surface area contributed by atoms with Crippen molar-refractivity contribution in [2.24, 2.45) is 5.92 Å². The van der Waals surface area contributed by atoms with Crippen LogP contribution in [0.5, 0.6) is 5.75 Å². The number of benzene rings is 1. The number of nitrogens with zero attached hydrogens (tertiary/aromatic N) is 1. The van der Waals surface area contributed by atoms with Crippen LogP contribution in [0, 0.1) is 5.92 Å². The first-order chi connectivity index (χ1) is 11.9. The molecule has 1 rings (SSSR count). The van der Waals surface area contributed by atoms with E-state index >= 15 is 0 Å². The lowest BCUT2D eigenvalue weighted by Gasteiger charge is -2.27. The number of rotatable bonds is 9. The molecule has 0 aliphatic carbocycles. The van der Waals surface area contributed by atoms with Gasteiger partial charge in [0.05, 0.1) is 19.6 Å². The molecule has 25 heavy (non-hydrogen) atoms. The number of hydrogen-bond donors (Lipinski definition) is 0. The van der Waals surface area contributed by atoms with Gasteiger partial charge in [0, 0.05) is 24.2 Å². The predicted octanol–water partition coefficient (Wildman–Crippen LogP) is 3.53. The molecule has 0 saturated heterocycles. The van der Waals surface area contributed by atoms with E-state index < -0.39 is 0 Å². The lowest BCUT2D eigenvalue weighted by molar-refractivity contribution is -0.146. The van der Waals surface area contributed by atoms with Gasteiger partial charge < -0.3 is 14.4 Å². The third-order valence-corrected chi connectivity index (χ3v) is 3.77. The maximum absolute atomic E-state index is 12.6. The monoisotopic (exact) mass is 347 g/mol. The summed E-state index contributed by atoms with van der Waals surface area (Å²) in [6.07, 6.45) is 4.20. The van der Waals surface area contributed by atoms with E-state index in [1.807, 2.05) is 45.0 Å². The predicted molar refractivity (Wildman–Crippen MR) is 99.3 cm³/mol. The van der Waals surface area contributed by atoms with E-state index in [4.69, 9.17) is 9.47 Å². The molecule has 5 heteroatoms. The van der Waals surface area contributed by atoms with Gasteiger partial charge in [0.25, 0.3) is 0 Å². The summed E-state index contributed by atoms with van der Waals surface area (Å²) in [5.74, 6) is -0.0749. The highest BCUT2D eigenvalue weighted by Crippen LogP contribution is 2.20. The average Bonchev–Trinajstić information content (AvgIpc) is 2.61. The lowest BCUT2D eigenvalue weighted by Crippen LogP contribution is -2.40. The normalized spacial score (nSPS) is 12.2. The minimum absolute atomic E-state index is 0.0177. The van der Waals surface area contributed by atoms with E-state index in [0.29, 0.717) is 13.2 Å². The summed E-state index contributed by atoms with van der Waals surface area (Å²) in [6.45, 7) is 8.61. The van der Waals surface area contributed by atoms with Gasteiger partial charge in [-0.3, -0.25) is 9.59 Å². The van der Waals surface area contributed by atoms with Crippen molar-refractivity contribution in [3.05, 3.63) is 35.9 Å². The summed E-state index contributed by atoms with van der Waals surface area (Å²) in [4.78, 5) is 25.9. The number of methoxy groups -OCH3 is 1. The molecular formula is C20H29NO4. The molecule has 1 amide bonds. The quantitative estimate of drug-likeness (QED) is 0.506. The Morgan fingerprint density at radius 2 is 1.88 bits per heavy atom. The van der Waals surface area contributed by atoms with Gasteiger partial charge in [-0.2, -0.15) is 0 Å². The molecule has 0 aliphatic heterocycles. The van der Waals surface area contributed by atoms with E-state index in [1.165, 1.54) is 13.2 Å². The Kier molecular flexibility index (Phi) is 8.75. The summed E-state index contributed by atoms with van der Waals surface area (Å²) in [6, 6.07) is 7.59. The highest BCUT2D eigenvalue weighted by molar-refractivity contribution is 5.92. The molecule has 0 radical (unpaired) electrons. The number of para-hydroxylation sites is 1. The fourth-order valence-electron chi connectivity index (χ4n) is 2.34. The summed E-state index contributed by atoms with van der Waals surface area (Å²) in [5.41, 5.74) is 0.856. The first kappa shape index (κ1) is 20.7. The lowest BCUT2D eigenvalue weighted by atomic mass is 10.1. The maximum atomic E-state index is 12.6. The first-order valence-electron chi connectivity index (χ1n) is 8.69. The van der Waals surface area contributed by atoms with Gasteiger partial charge in [-0.05, 0) is 32.4 Å². The Balaban J connectivity index is 2.86. The first-order valence-corrected chi connectivity index (χ1v) is 8.69. The molecule has 1 aromatic carbocycles. The highest BCUT2D eigenvalue weighted by Gasteiger charge is 2.22. The Morgan fingerprint density at radius 3 is 2.48 bits per heavy atom. The number of esters is 1. The molecule has 0 bridgehead atoms. The van der Waals surface area contributed by atoms with Crippen molar-refractivity contribution in [2.75, 3.05) is 20.3 Å². The Hall–Kier alpha value is -2.30. The van der Waals surface area contributed by atoms with E-state index in [-0.39, 0.29) is 23.8 Å². The molecule has 0 fully saturated rings. The van der Waals surface area contributed by atoms with Crippen molar-refractivity contribution in [1.29, 1.82) is 0 Å². The molecule has 0 N–H and O–H groups in total. The largest absolute Gasteiger partial charge is 0.493 e. The van der Waals surface area contributed by atoms with Gasteiger partial charge in [-0.15, -0.1) is 0 Å². The molecule has 5 nitrogen and oxygen atoms in total. The van der Waals surface area contributed by atoms with Crippen LogP contribution in [0.15, 0.2) is 30.3 Å². The van der Waals surface area contributed by atoms with Gasteiger partial charge in [0.1, 0.15) is 5.75 Å². The Morgan fingerprint density at radius 1 is 1.20 bits per heavy atom. The fraction of sp³-hybridized carbons (Fsp3) is 0.500. The molecule has 0 saturated carbocycles. The standard InChI is InChI=1S/C20H29NO4/c1-6-13-25-18-10-8-7-9-17(18)11-12-19(22)21(15(2)3)14-16(4)20(23)24-5/h7-12,15-16H,6,13-14H2,1-5H3/b12-11+. The maximum Gasteiger partial charge on any atom is 0.310 e. The van der Waals surface area contributed by atoms with E-state index in [2.05, 4.69) is 0 Å². The molecule has 0 aromatic heterocycles. The van der Waals surface area contributed by atoms with Crippen LogP contribution in [-0.4, -0.2) is 43.1 Å². The molecule has 1 aromatic rings. The van der Waals surface area contributed by atoms with E-state index in [0.717, 1.165) is 17.7 Å². The average molecular weight is 347 g/mol. The third kappa shape index (κ3) is 6.61. The van der Waals surface area contributed by atoms with Crippen LogP contribution in [-0.2, 0) is 14.3 Å². The van der Waals surface area contributed by atoms with Gasteiger partial charge in [-0.1, -0.05) is 32.0 Å². The zero-order valence-corrected chi connectivity index (χ0v) is 15.8. The smallest absolute Gasteiger partial charge is 0.310 e. The molecule has 0 aliphatic rings. The van der Waals surface area contributed by atoms with E-state index in [9.17, 15) is 9.59 Å². The minimum Gasteiger partial charge on any atom is -0.493 e. The highest BCUT2D eigenvalue weighted by atomic mass is 16.5. The molecule has 138 valence electrons. The Bertz CT molecular complexity index is 595. The van der Waals surface area contributed by atoms with Gasteiger partial charge in [0.2, 0.25) is 5.91 Å². The fourth-order valence-corrected chi connectivity index (χ4v) is 2.34. The van der Waals surface area contributed by atoms with Gasteiger partial charge in [-0.25, -0.2) is 0 Å². The summed E-state index contributed by atoms with van der Waals surface area (Å²) < 4.78 is 10.4. The van der Waals surface area contributed by atoms with Crippen molar-refractivity contribution in [2.45, 2.75) is 40.2 Å². The second-order valence-corrected chi connectivity index (χ2v) is 6.23. The van der Waals surface area contributed by atoms with Crippen molar-refractivity contribution in [3.63, 3.8) is 0 Å². The molecule has 0 heterocycles. The second kappa shape index (κ2) is 10.5. The minimum atomic E-state index is -0.370. The summed E-state index contributed by atoms with van der Waals surface area (Å²) in [7, 11) is 1.35. The van der Waals surface area contributed by atoms with Crippen LogP contribution in [0.1, 0.15) is 39.7 Å². The summed E-state index contributed by atoms with van der Waals surface area (Å²) >= 11 is 0. The van der Waals surface area contributed by atoms with Crippen LogP contribution < -0.4 is 4.74 Å². The van der Waals surface area contributed by atoms with Crippen LogP contribution in [0.4, 0.5) is 0 Å². The van der Waals surface area contributed by atoms with Crippen LogP contribution in [0.3, 0.4) is 0 Å². The molecule has 0 spiro atoms. The number of ether oxygens (including phenoxy) is 2. The second-order valence-electron chi connectivity index (χ2n) is 6.23. The van der Waals surface area contributed by atoms with Crippen molar-refractivity contribution in [3.8, 4) is 5.75 Å². The van der Waals surface area contributed by atoms with Crippen molar-refractivity contribution in [1.82, 2.24) is 4.90 Å². The number of carbonyl (C=O) groups excluding carboxylic acids is 2. The topological polar surface area (TPSA) is 55.8 Å². The van der Waals surface area contributed by atoms with Crippen LogP contribution in [0.25, 0.3) is 6.08 Å². The van der Waals surface area contributed by atoms with Crippen molar-refractivity contribution >= 4 is 18.0 Å². The Labute approximate surface area is 150 Å². The molecule has 1 atom stereocenters. The SMILES string of the molecule is CCCOc1ccccc1/C=C/C(=O)N(CC(C)C(=O)OC)C(C)C. The molecule has 1 unspecified atom stereocenters. The van der Waals surface area contributed by atoms with Crippen LogP contribution in [0.2, 0.25) is 0 Å². The zero-order valence-electron chi connectivity index (χ0n) is 15.8. The zero-order chi connectivity index (χ0) is 18.8. The number of hydrogen-bond acceptors (Lipinski definition) is 4. The summed E-state index contributed by atoms with van der Waals surface area (Å²) in [5, 5.41) is 0. The van der Waals surface area contributed by atoms with Gasteiger partial charge >= 0.3 is 5.97 Å². The third-order valence-electron chi connectivity index (χ3n) is 3.77. The van der Waals surface area contributed by atoms with Crippen molar-refractivity contribution < 1.29 is 19.1 Å². The number of carbonyl (C=O) groups is 2. The van der Waals surface area contributed by atoms with Crippen LogP contribution >= 0.6 is 0 Å².